The zero-order valence-corrected chi connectivity index (χ0v) is 15.3. The van der Waals surface area contributed by atoms with Crippen molar-refractivity contribution in [3.05, 3.63) is 48.0 Å². The van der Waals surface area contributed by atoms with E-state index >= 15 is 0 Å². The van der Waals surface area contributed by atoms with Crippen molar-refractivity contribution in [2.45, 2.75) is 24.7 Å². The van der Waals surface area contributed by atoms with Gasteiger partial charge in [-0.15, -0.1) is 0 Å². The lowest BCUT2D eigenvalue weighted by Gasteiger charge is -2.12. The molecule has 3 N–H and O–H groups in total. The van der Waals surface area contributed by atoms with Crippen LogP contribution < -0.4 is 19.9 Å². The van der Waals surface area contributed by atoms with Gasteiger partial charge in [-0.05, 0) is 54.8 Å². The molecule has 2 rings (SSSR count). The lowest BCUT2D eigenvalue weighted by atomic mass is 10.1. The van der Waals surface area contributed by atoms with Gasteiger partial charge in [0.15, 0.2) is 11.5 Å². The number of nitrogens with two attached hydrogens (primary N) is 1. The highest BCUT2D eigenvalue weighted by Crippen LogP contribution is 2.28. The van der Waals surface area contributed by atoms with Crippen LogP contribution in [-0.2, 0) is 16.4 Å². The second-order valence-electron chi connectivity index (χ2n) is 5.55. The first kappa shape index (κ1) is 19.1. The first-order valence-corrected chi connectivity index (χ1v) is 9.59. The van der Waals surface area contributed by atoms with Crippen LogP contribution in [0.2, 0.25) is 0 Å². The minimum atomic E-state index is -3.54. The zero-order chi connectivity index (χ0) is 18.3. The number of anilines is 1. The minimum Gasteiger partial charge on any atom is -0.493 e. The van der Waals surface area contributed by atoms with Gasteiger partial charge in [0.25, 0.3) is 0 Å². The molecule has 0 spiro atoms. The fourth-order valence-corrected chi connectivity index (χ4v) is 3.29. The molecule has 0 aliphatic rings. The molecule has 0 saturated carbocycles. The van der Waals surface area contributed by atoms with Crippen LogP contribution in [0.4, 0.5) is 5.69 Å². The largest absolute Gasteiger partial charge is 0.493 e. The smallest absolute Gasteiger partial charge is 0.240 e. The maximum atomic E-state index is 12.2. The van der Waals surface area contributed by atoms with Gasteiger partial charge in [0.1, 0.15) is 0 Å². The average Bonchev–Trinajstić information content (AvgIpc) is 2.60. The summed E-state index contributed by atoms with van der Waals surface area (Å²) in [5.41, 5.74) is 7.06. The van der Waals surface area contributed by atoms with Gasteiger partial charge in [0.05, 0.1) is 18.6 Å². The van der Waals surface area contributed by atoms with Gasteiger partial charge >= 0.3 is 0 Å². The molecule has 2 aromatic carbocycles. The average molecular weight is 364 g/mol. The van der Waals surface area contributed by atoms with E-state index in [2.05, 4.69) is 4.72 Å². The SMILES string of the molecule is CCCOc1ccc(CCNS(=O)(=O)c2ccc(N)cc2)cc1OC. The lowest BCUT2D eigenvalue weighted by Crippen LogP contribution is -2.26. The van der Waals surface area contributed by atoms with Gasteiger partial charge in [-0.2, -0.15) is 0 Å². The van der Waals surface area contributed by atoms with Crippen molar-refractivity contribution >= 4 is 15.7 Å². The lowest BCUT2D eigenvalue weighted by molar-refractivity contribution is 0.294. The Morgan fingerprint density at radius 3 is 2.44 bits per heavy atom. The number of benzene rings is 2. The molecule has 0 amide bonds. The number of hydrogen-bond donors (Lipinski definition) is 2. The quantitative estimate of drug-likeness (QED) is 0.668. The standard InChI is InChI=1S/C18H24N2O4S/c1-3-12-24-17-9-4-14(13-18(17)23-2)10-11-20-25(21,22)16-7-5-15(19)6-8-16/h4-9,13,20H,3,10-12,19H2,1-2H3. The Kier molecular flexibility index (Phi) is 6.66. The summed E-state index contributed by atoms with van der Waals surface area (Å²) >= 11 is 0. The monoisotopic (exact) mass is 364 g/mol. The number of nitrogen functional groups attached to an aromatic ring is 1. The molecular formula is C18H24N2O4S. The van der Waals surface area contributed by atoms with E-state index in [4.69, 9.17) is 15.2 Å². The molecular weight excluding hydrogens is 340 g/mol. The Hall–Kier alpha value is -2.25. The van der Waals surface area contributed by atoms with E-state index in [1.807, 2.05) is 25.1 Å². The van der Waals surface area contributed by atoms with Crippen LogP contribution in [0.25, 0.3) is 0 Å². The van der Waals surface area contributed by atoms with Crippen LogP contribution in [0.3, 0.4) is 0 Å². The molecule has 0 aliphatic heterocycles. The number of nitrogens with one attached hydrogen (secondary N) is 1. The highest BCUT2D eigenvalue weighted by molar-refractivity contribution is 7.89. The maximum Gasteiger partial charge on any atom is 0.240 e. The fourth-order valence-electron chi connectivity index (χ4n) is 2.26. The molecule has 0 aliphatic carbocycles. The predicted molar refractivity (Wildman–Crippen MR) is 98.5 cm³/mol. The second-order valence-corrected chi connectivity index (χ2v) is 7.32. The Balaban J connectivity index is 1.98. The van der Waals surface area contributed by atoms with Crippen molar-refractivity contribution in [2.75, 3.05) is 26.0 Å². The summed E-state index contributed by atoms with van der Waals surface area (Å²) in [4.78, 5) is 0.197. The van der Waals surface area contributed by atoms with Crippen LogP contribution in [0.1, 0.15) is 18.9 Å². The summed E-state index contributed by atoms with van der Waals surface area (Å²) in [6.45, 7) is 2.94. The van der Waals surface area contributed by atoms with Crippen LogP contribution in [0.5, 0.6) is 11.5 Å². The van der Waals surface area contributed by atoms with Gasteiger partial charge in [0, 0.05) is 12.2 Å². The minimum absolute atomic E-state index is 0.197. The Morgan fingerprint density at radius 2 is 1.80 bits per heavy atom. The van der Waals surface area contributed by atoms with Crippen LogP contribution in [-0.4, -0.2) is 28.7 Å². The van der Waals surface area contributed by atoms with Crippen LogP contribution >= 0.6 is 0 Å². The number of hydrogen-bond acceptors (Lipinski definition) is 5. The first-order chi connectivity index (χ1) is 12.0. The summed E-state index contributed by atoms with van der Waals surface area (Å²) in [5, 5.41) is 0. The number of rotatable bonds is 9. The molecule has 0 bridgehead atoms. The molecule has 0 unspecified atom stereocenters. The van der Waals surface area contributed by atoms with Crippen molar-refractivity contribution in [1.82, 2.24) is 4.72 Å². The normalized spacial score (nSPS) is 11.3. The van der Waals surface area contributed by atoms with Crippen molar-refractivity contribution < 1.29 is 17.9 Å². The summed E-state index contributed by atoms with van der Waals surface area (Å²) in [5.74, 6) is 1.34. The molecule has 0 radical (unpaired) electrons. The van der Waals surface area contributed by atoms with Crippen LogP contribution in [0.15, 0.2) is 47.4 Å². The van der Waals surface area contributed by atoms with Crippen molar-refractivity contribution in [2.24, 2.45) is 0 Å². The van der Waals surface area contributed by atoms with Crippen LogP contribution in [0, 0.1) is 0 Å². The van der Waals surface area contributed by atoms with Crippen molar-refractivity contribution in [3.8, 4) is 11.5 Å². The van der Waals surface area contributed by atoms with E-state index in [1.54, 1.807) is 19.2 Å². The molecule has 0 aromatic heterocycles. The predicted octanol–water partition coefficient (Wildman–Crippen LogP) is 2.59. The van der Waals surface area contributed by atoms with E-state index in [0.717, 1.165) is 12.0 Å². The molecule has 0 heterocycles. The van der Waals surface area contributed by atoms with E-state index < -0.39 is 10.0 Å². The first-order valence-electron chi connectivity index (χ1n) is 8.11. The van der Waals surface area contributed by atoms with E-state index in [-0.39, 0.29) is 11.4 Å². The molecule has 2 aromatic rings. The highest BCUT2D eigenvalue weighted by Gasteiger charge is 2.13. The Labute approximate surface area is 149 Å². The fraction of sp³-hybridized carbons (Fsp3) is 0.333. The highest BCUT2D eigenvalue weighted by atomic mass is 32.2. The molecule has 0 atom stereocenters. The third-order valence-corrected chi connectivity index (χ3v) is 5.06. The Morgan fingerprint density at radius 1 is 1.08 bits per heavy atom. The van der Waals surface area contributed by atoms with Gasteiger partial charge in [-0.1, -0.05) is 13.0 Å². The van der Waals surface area contributed by atoms with E-state index in [9.17, 15) is 8.42 Å². The summed E-state index contributed by atoms with van der Waals surface area (Å²) in [7, 11) is -1.96. The third kappa shape index (κ3) is 5.37. The number of ether oxygens (including phenoxy) is 2. The van der Waals surface area contributed by atoms with Gasteiger partial charge < -0.3 is 15.2 Å². The molecule has 25 heavy (non-hydrogen) atoms. The molecule has 0 fully saturated rings. The van der Waals surface area contributed by atoms with Gasteiger partial charge in [0.2, 0.25) is 10.0 Å². The molecule has 136 valence electrons. The van der Waals surface area contributed by atoms with Gasteiger partial charge in [-0.3, -0.25) is 0 Å². The number of sulfonamides is 1. The summed E-state index contributed by atoms with van der Waals surface area (Å²) < 4.78 is 38.0. The summed E-state index contributed by atoms with van der Waals surface area (Å²) in [6.07, 6.45) is 1.45. The van der Waals surface area contributed by atoms with E-state index in [0.29, 0.717) is 30.2 Å². The van der Waals surface area contributed by atoms with Crippen molar-refractivity contribution in [3.63, 3.8) is 0 Å². The summed E-state index contributed by atoms with van der Waals surface area (Å²) in [6, 6.07) is 11.7. The third-order valence-electron chi connectivity index (χ3n) is 3.59. The maximum absolute atomic E-state index is 12.2. The Bertz CT molecular complexity index is 789. The molecule has 6 nitrogen and oxygen atoms in total. The molecule has 7 heteroatoms. The topological polar surface area (TPSA) is 90.7 Å². The van der Waals surface area contributed by atoms with Gasteiger partial charge in [-0.25, -0.2) is 13.1 Å². The van der Waals surface area contributed by atoms with Crippen molar-refractivity contribution in [1.29, 1.82) is 0 Å². The zero-order valence-electron chi connectivity index (χ0n) is 14.5. The number of methoxy groups -OCH3 is 1. The van der Waals surface area contributed by atoms with E-state index in [1.165, 1.54) is 12.1 Å². The second kappa shape index (κ2) is 8.73. The molecule has 0 saturated heterocycles.